The van der Waals surface area contributed by atoms with Crippen LogP contribution in [0.3, 0.4) is 0 Å². The van der Waals surface area contributed by atoms with Crippen molar-refractivity contribution in [3.05, 3.63) is 70.5 Å². The van der Waals surface area contributed by atoms with Crippen LogP contribution in [0.5, 0.6) is 5.75 Å². The summed E-state index contributed by atoms with van der Waals surface area (Å²) in [6, 6.07) is 10.6. The Morgan fingerprint density at radius 3 is 2.49 bits per heavy atom. The van der Waals surface area contributed by atoms with Gasteiger partial charge in [-0.25, -0.2) is 18.4 Å². The fourth-order valence-corrected chi connectivity index (χ4v) is 6.81. The van der Waals surface area contributed by atoms with E-state index >= 15 is 0 Å². The van der Waals surface area contributed by atoms with E-state index in [0.717, 1.165) is 61.0 Å². The fourth-order valence-electron chi connectivity index (χ4n) is 6.11. The van der Waals surface area contributed by atoms with Crippen molar-refractivity contribution in [2.75, 3.05) is 63.9 Å². The molecule has 0 amide bonds. The number of hydrogen-bond acceptors (Lipinski definition) is 8. The van der Waals surface area contributed by atoms with E-state index in [2.05, 4.69) is 32.1 Å². The number of nitrogens with one attached hydrogen (secondary N) is 1. The molecule has 232 valence electrons. The molecule has 1 aliphatic carbocycles. The third kappa shape index (κ3) is 6.58. The Hall–Kier alpha value is -3.42. The zero-order valence-corrected chi connectivity index (χ0v) is 25.8. The highest BCUT2D eigenvalue weighted by atomic mass is 32.2. The van der Waals surface area contributed by atoms with E-state index in [0.29, 0.717) is 17.9 Å². The molecule has 3 aromatic rings. The minimum Gasteiger partial charge on any atom is -0.494 e. The van der Waals surface area contributed by atoms with Crippen LogP contribution in [-0.4, -0.2) is 81.2 Å². The predicted molar refractivity (Wildman–Crippen MR) is 160 cm³/mol. The number of hydrogen-bond donors (Lipinski definition) is 1. The number of ether oxygens (including phenoxy) is 1. The van der Waals surface area contributed by atoms with Crippen LogP contribution in [0, 0.1) is 12.8 Å². The number of nitrogens with zero attached hydrogens (tertiary/aromatic N) is 5. The molecule has 0 unspecified atom stereocenters. The van der Waals surface area contributed by atoms with E-state index in [9.17, 15) is 21.6 Å². The third-order valence-electron chi connectivity index (χ3n) is 8.45. The first-order valence-electron chi connectivity index (χ1n) is 14.1. The molecular weight excluding hydrogens is 581 g/mol. The van der Waals surface area contributed by atoms with Gasteiger partial charge < -0.3 is 19.9 Å². The summed E-state index contributed by atoms with van der Waals surface area (Å²) >= 11 is 0. The van der Waals surface area contributed by atoms with Crippen LogP contribution in [0.2, 0.25) is 0 Å². The number of anilines is 3. The van der Waals surface area contributed by atoms with Crippen molar-refractivity contribution in [2.45, 2.75) is 32.0 Å². The Morgan fingerprint density at radius 2 is 1.84 bits per heavy atom. The Balaban J connectivity index is 1.47. The summed E-state index contributed by atoms with van der Waals surface area (Å²) in [5.74, 6) is 0.0582. The van der Waals surface area contributed by atoms with Gasteiger partial charge in [0.25, 0.3) is 0 Å². The number of halogens is 3. The number of likely N-dealkylation sites (N-methyl/N-ethyl adjacent to an activating group) is 1. The first-order valence-corrected chi connectivity index (χ1v) is 15.9. The van der Waals surface area contributed by atoms with Crippen LogP contribution in [0.1, 0.15) is 34.0 Å². The number of alkyl halides is 3. The smallest absolute Gasteiger partial charge is 0.419 e. The van der Waals surface area contributed by atoms with Crippen LogP contribution < -0.4 is 15.0 Å². The summed E-state index contributed by atoms with van der Waals surface area (Å²) < 4.78 is 74.5. The van der Waals surface area contributed by atoms with Crippen molar-refractivity contribution in [2.24, 2.45) is 5.92 Å². The molecule has 5 rings (SSSR count). The summed E-state index contributed by atoms with van der Waals surface area (Å²) in [6.07, 6.45) is -2.46. The lowest BCUT2D eigenvalue weighted by Crippen LogP contribution is -2.44. The van der Waals surface area contributed by atoms with E-state index < -0.39 is 33.7 Å². The van der Waals surface area contributed by atoms with Crippen LogP contribution in [0.25, 0.3) is 0 Å². The van der Waals surface area contributed by atoms with E-state index in [1.54, 1.807) is 7.11 Å². The van der Waals surface area contributed by atoms with Gasteiger partial charge in [0.2, 0.25) is 16.0 Å². The van der Waals surface area contributed by atoms with Crippen LogP contribution >= 0.6 is 0 Å². The molecule has 13 heteroatoms. The topological polar surface area (TPSA) is 90.9 Å². The van der Waals surface area contributed by atoms with Crippen molar-refractivity contribution in [1.29, 1.82) is 0 Å². The lowest BCUT2D eigenvalue weighted by molar-refractivity contribution is -0.138. The number of fused-ring (bicyclic) bond motifs is 1. The van der Waals surface area contributed by atoms with Crippen molar-refractivity contribution in [3.8, 4) is 5.75 Å². The van der Waals surface area contributed by atoms with Gasteiger partial charge >= 0.3 is 6.18 Å². The Kier molecular flexibility index (Phi) is 8.61. The molecule has 1 N–H and O–H groups in total. The average Bonchev–Trinajstić information content (AvgIpc) is 3.30. The monoisotopic (exact) mass is 618 g/mol. The summed E-state index contributed by atoms with van der Waals surface area (Å²) in [6.45, 7) is 5.61. The number of rotatable bonds is 8. The molecule has 2 heterocycles. The minimum absolute atomic E-state index is 0.00317. The first kappa shape index (κ1) is 31.0. The van der Waals surface area contributed by atoms with E-state index in [1.807, 2.05) is 43.3 Å². The second kappa shape index (κ2) is 11.9. The molecule has 2 atom stereocenters. The standard InChI is InChI=1S/C30H37F3N6O3S/c1-19-14-25(27(42-4)17-26(19)39-12-10-37(2)11-13-39)36-29-34-18-23(30(31,32)33)24(35-29)16-21-15-20-8-6-7-9-22(20)28(21)38(3)43(5,40)41/h6-9,14,17-18,21,28H,10-13,15-16H2,1-5H3,(H,34,35,36)/t21-,28-/m0/s1. The van der Waals surface area contributed by atoms with Gasteiger partial charge in [-0.1, -0.05) is 24.3 Å². The van der Waals surface area contributed by atoms with Gasteiger partial charge in [-0.3, -0.25) is 0 Å². The minimum atomic E-state index is -4.68. The first-order chi connectivity index (χ1) is 20.3. The van der Waals surface area contributed by atoms with E-state index in [1.165, 1.54) is 11.4 Å². The average molecular weight is 619 g/mol. The molecule has 9 nitrogen and oxygen atoms in total. The molecule has 0 radical (unpaired) electrons. The fraction of sp³-hybridized carbons (Fsp3) is 0.467. The summed E-state index contributed by atoms with van der Waals surface area (Å²) in [4.78, 5) is 12.9. The Bertz CT molecular complexity index is 1590. The number of benzene rings is 2. The lowest BCUT2D eigenvalue weighted by Gasteiger charge is -2.35. The molecule has 2 aliphatic rings. The van der Waals surface area contributed by atoms with E-state index in [4.69, 9.17) is 4.74 Å². The molecule has 1 aliphatic heterocycles. The Labute approximate surface area is 250 Å². The van der Waals surface area contributed by atoms with Crippen LogP contribution in [0.4, 0.5) is 30.5 Å². The lowest BCUT2D eigenvalue weighted by atomic mass is 9.93. The van der Waals surface area contributed by atoms with Crippen molar-refractivity contribution >= 4 is 27.3 Å². The molecule has 0 bridgehead atoms. The molecule has 2 aromatic carbocycles. The van der Waals surface area contributed by atoms with Gasteiger partial charge in [0.1, 0.15) is 5.75 Å². The molecular formula is C30H37F3N6O3S. The highest BCUT2D eigenvalue weighted by Crippen LogP contribution is 2.44. The van der Waals surface area contributed by atoms with Gasteiger partial charge in [-0.15, -0.1) is 0 Å². The van der Waals surface area contributed by atoms with Crippen LogP contribution in [-0.2, 0) is 29.0 Å². The quantitative estimate of drug-likeness (QED) is 0.390. The largest absolute Gasteiger partial charge is 0.494 e. The van der Waals surface area contributed by atoms with Crippen molar-refractivity contribution < 1.29 is 26.3 Å². The molecule has 0 saturated carbocycles. The maximum absolute atomic E-state index is 14.2. The zero-order chi connectivity index (χ0) is 31.1. The van der Waals surface area contributed by atoms with Crippen molar-refractivity contribution in [3.63, 3.8) is 0 Å². The maximum atomic E-state index is 14.2. The van der Waals surface area contributed by atoms with Crippen LogP contribution in [0.15, 0.2) is 42.6 Å². The second-order valence-corrected chi connectivity index (χ2v) is 13.4. The highest BCUT2D eigenvalue weighted by Gasteiger charge is 2.41. The number of sulfonamides is 1. The number of methoxy groups -OCH3 is 1. The summed E-state index contributed by atoms with van der Waals surface area (Å²) in [5, 5.41) is 3.07. The SMILES string of the molecule is COc1cc(N2CCN(C)CC2)c(C)cc1Nc1ncc(C(F)(F)F)c(C[C@@H]2Cc3ccccc3[C@H]2N(C)S(C)(=O)=O)n1. The zero-order valence-electron chi connectivity index (χ0n) is 24.9. The van der Waals surface area contributed by atoms with Gasteiger partial charge in [0.05, 0.1) is 36.4 Å². The number of aryl methyl sites for hydroxylation is 1. The summed E-state index contributed by atoms with van der Waals surface area (Å²) in [7, 11) is 1.47. The number of piperazine rings is 1. The molecule has 1 fully saturated rings. The molecule has 0 spiro atoms. The molecule has 1 saturated heterocycles. The normalized spacial score (nSPS) is 19.5. The van der Waals surface area contributed by atoms with Gasteiger partial charge in [0.15, 0.2) is 0 Å². The predicted octanol–water partition coefficient (Wildman–Crippen LogP) is 4.66. The summed E-state index contributed by atoms with van der Waals surface area (Å²) in [5.41, 5.74) is 3.12. The van der Waals surface area contributed by atoms with E-state index in [-0.39, 0.29) is 18.1 Å². The second-order valence-electron chi connectivity index (χ2n) is 11.4. The molecule has 1 aromatic heterocycles. The Morgan fingerprint density at radius 1 is 1.14 bits per heavy atom. The number of aromatic nitrogens is 2. The maximum Gasteiger partial charge on any atom is 0.419 e. The van der Waals surface area contributed by atoms with Gasteiger partial charge in [-0.05, 0) is 55.5 Å². The molecule has 43 heavy (non-hydrogen) atoms. The van der Waals surface area contributed by atoms with Gasteiger partial charge in [-0.2, -0.15) is 17.5 Å². The highest BCUT2D eigenvalue weighted by molar-refractivity contribution is 7.88. The third-order valence-corrected chi connectivity index (χ3v) is 9.73. The van der Waals surface area contributed by atoms with Gasteiger partial charge in [0, 0.05) is 51.2 Å². The van der Waals surface area contributed by atoms with Crippen molar-refractivity contribution in [1.82, 2.24) is 19.2 Å².